The summed E-state index contributed by atoms with van der Waals surface area (Å²) in [6, 6.07) is 8.92. The van der Waals surface area contributed by atoms with E-state index in [0.29, 0.717) is 5.56 Å². The number of carbonyl (C=O) groups is 1. The smallest absolute Gasteiger partial charge is 0.331 e. The van der Waals surface area contributed by atoms with Crippen molar-refractivity contribution in [2.24, 2.45) is 0 Å². The lowest BCUT2D eigenvalue weighted by Crippen LogP contribution is -2.61. The monoisotopic (exact) mass is 964 g/mol. The van der Waals surface area contributed by atoms with Crippen molar-refractivity contribution in [2.45, 2.75) is 105 Å². The van der Waals surface area contributed by atoms with E-state index in [1.165, 1.54) is 51.5 Å². The molecule has 0 saturated carbocycles. The fourth-order valence-corrected chi connectivity index (χ4v) is 7.80. The Balaban J connectivity index is 1.09. The minimum atomic E-state index is -2.00. The van der Waals surface area contributed by atoms with Crippen LogP contribution in [0.1, 0.15) is 29.7 Å². The van der Waals surface area contributed by atoms with Gasteiger partial charge in [0.1, 0.15) is 84.0 Å². The zero-order valence-corrected chi connectivity index (χ0v) is 36.2. The molecule has 7 rings (SSSR count). The quantitative estimate of drug-likeness (QED) is 0.0477. The number of benzene rings is 3. The number of esters is 1. The van der Waals surface area contributed by atoms with Crippen molar-refractivity contribution in [3.8, 4) is 46.0 Å². The number of hydrogen-bond donors (Lipinski definition) is 13. The molecular formula is C44H52O24. The maximum absolute atomic E-state index is 12.7. The van der Waals surface area contributed by atoms with Crippen molar-refractivity contribution >= 4 is 18.1 Å². The molecule has 372 valence electrons. The first-order valence-corrected chi connectivity index (χ1v) is 20.9. The number of aliphatic hydroxyl groups excluding tert-OH is 9. The molecule has 24 nitrogen and oxygen atoms in total. The third-order valence-electron chi connectivity index (χ3n) is 11.6. The highest BCUT2D eigenvalue weighted by Gasteiger charge is 2.50. The van der Waals surface area contributed by atoms with Gasteiger partial charge < -0.3 is 114 Å². The summed E-state index contributed by atoms with van der Waals surface area (Å²) in [4.78, 5) is 12.7. The first-order valence-electron chi connectivity index (χ1n) is 20.9. The van der Waals surface area contributed by atoms with Gasteiger partial charge in [-0.3, -0.25) is 0 Å². The first kappa shape index (κ1) is 50.2. The number of methoxy groups -OCH3 is 2. The summed E-state index contributed by atoms with van der Waals surface area (Å²) in [7, 11) is 2.58. The van der Waals surface area contributed by atoms with Gasteiger partial charge in [0, 0.05) is 23.8 Å². The normalized spacial score (nSPS) is 33.7. The summed E-state index contributed by atoms with van der Waals surface area (Å²) >= 11 is 0. The zero-order chi connectivity index (χ0) is 49.3. The van der Waals surface area contributed by atoms with Crippen LogP contribution >= 0.6 is 0 Å². The fraction of sp³-hybridized carbons (Fsp3) is 0.477. The number of rotatable bonds is 14. The van der Waals surface area contributed by atoms with Crippen molar-refractivity contribution in [1.82, 2.24) is 0 Å². The minimum Gasteiger partial charge on any atom is -0.508 e. The largest absolute Gasteiger partial charge is 0.508 e. The predicted molar refractivity (Wildman–Crippen MR) is 224 cm³/mol. The Bertz CT molecular complexity index is 2320. The van der Waals surface area contributed by atoms with E-state index >= 15 is 0 Å². The zero-order valence-electron chi connectivity index (χ0n) is 36.2. The van der Waals surface area contributed by atoms with Gasteiger partial charge in [0.15, 0.2) is 41.5 Å². The highest BCUT2D eigenvalue weighted by atomic mass is 16.7. The van der Waals surface area contributed by atoms with Crippen LogP contribution in [0.4, 0.5) is 0 Å². The van der Waals surface area contributed by atoms with Crippen LogP contribution < -0.4 is 18.9 Å². The average Bonchev–Trinajstić information content (AvgIpc) is 3.31. The number of aliphatic hydroxyl groups is 9. The molecule has 0 bridgehead atoms. The summed E-state index contributed by atoms with van der Waals surface area (Å²) < 4.78 is 56.6. The molecule has 3 fully saturated rings. The second kappa shape index (κ2) is 20.9. The number of aromatic hydroxyl groups is 4. The SMILES string of the molecule is COc1ccc(/C=C/C(=O)O[C@@H]2[C@@H](O)[C@@H](O)[C@H](OC[C@H]3O[C@@H](OC4=Cc5c(cc(O)cc5O[C@@H]5O[C@H](CO)[C@@H](O)[C@H](O)[C@H]5O)OC4c4cc(O)c(O)c(OC)c4)[C@H](O)[C@@H](O)[C@@H]3O)O[C@@H]2C)cc1O. The summed E-state index contributed by atoms with van der Waals surface area (Å²) in [5.74, 6) is -3.57. The van der Waals surface area contributed by atoms with Crippen LogP contribution in [0.3, 0.4) is 0 Å². The average molecular weight is 965 g/mol. The van der Waals surface area contributed by atoms with Crippen LogP contribution in [-0.2, 0) is 33.2 Å². The Morgan fingerprint density at radius 2 is 1.32 bits per heavy atom. The molecule has 3 aromatic rings. The van der Waals surface area contributed by atoms with E-state index in [-0.39, 0.29) is 45.6 Å². The maximum atomic E-state index is 12.7. The van der Waals surface area contributed by atoms with E-state index in [0.717, 1.165) is 24.3 Å². The van der Waals surface area contributed by atoms with Crippen LogP contribution in [0, 0.1) is 0 Å². The second-order valence-corrected chi connectivity index (χ2v) is 16.1. The first-order chi connectivity index (χ1) is 32.3. The molecule has 1 unspecified atom stereocenters. The summed E-state index contributed by atoms with van der Waals surface area (Å²) in [6.07, 6.45) is -23.4. The molecule has 3 saturated heterocycles. The maximum Gasteiger partial charge on any atom is 0.331 e. The Morgan fingerprint density at radius 1 is 0.676 bits per heavy atom. The van der Waals surface area contributed by atoms with E-state index in [1.54, 1.807) is 6.07 Å². The Labute approximate surface area is 385 Å². The van der Waals surface area contributed by atoms with Gasteiger partial charge in [-0.05, 0) is 48.9 Å². The lowest BCUT2D eigenvalue weighted by atomic mass is 9.97. The summed E-state index contributed by atoms with van der Waals surface area (Å²) in [6.45, 7) is -0.0450. The van der Waals surface area contributed by atoms with Crippen molar-refractivity contribution < 1.29 is 119 Å². The van der Waals surface area contributed by atoms with Crippen LogP contribution in [0.25, 0.3) is 12.2 Å². The van der Waals surface area contributed by atoms with Crippen LogP contribution in [0.2, 0.25) is 0 Å². The number of phenolic OH excluding ortho intramolecular Hbond substituents is 4. The highest BCUT2D eigenvalue weighted by molar-refractivity contribution is 5.87. The predicted octanol–water partition coefficient (Wildman–Crippen LogP) is -1.89. The lowest BCUT2D eigenvalue weighted by molar-refractivity contribution is -0.325. The molecule has 4 aliphatic rings. The van der Waals surface area contributed by atoms with Crippen molar-refractivity contribution in [3.63, 3.8) is 0 Å². The standard InChI is InChI=1S/C44H52O24/c1-16-40(68-30(49)7-5-17-4-6-23(59-2)21(47)8-17)36(55)39(58)42(62-16)61-15-29-33(52)35(54)38(57)44(67-29)65-27-13-20-24(63-41(27)18-9-22(48)31(50)26(10-18)60-3)11-19(46)12-25(20)64-43-37(56)34(53)32(51)28(14-45)66-43/h4-13,16,28-29,32-48,50-58H,14-15H2,1-3H3/b7-5+/t16-,28-,29-,32-,33-,34+,35+,36+,37-,38-,39-,40+,41?,42-,43-,44-/m1/s1. The third kappa shape index (κ3) is 10.3. The molecule has 13 N–H and O–H groups in total. The molecule has 0 aromatic heterocycles. The topological polar surface area (TPSA) is 372 Å². The van der Waals surface area contributed by atoms with Gasteiger partial charge in [0.2, 0.25) is 18.3 Å². The number of carbonyl (C=O) groups excluding carboxylic acids is 1. The molecule has 24 heteroatoms. The van der Waals surface area contributed by atoms with Crippen molar-refractivity contribution in [2.75, 3.05) is 27.4 Å². The van der Waals surface area contributed by atoms with Gasteiger partial charge >= 0.3 is 5.97 Å². The van der Waals surface area contributed by atoms with Crippen LogP contribution in [-0.4, -0.2) is 192 Å². The molecule has 0 radical (unpaired) electrons. The Kier molecular flexibility index (Phi) is 15.4. The van der Waals surface area contributed by atoms with E-state index in [4.69, 9.17) is 47.4 Å². The molecule has 3 aromatic carbocycles. The number of phenols is 4. The van der Waals surface area contributed by atoms with E-state index in [1.807, 2.05) is 0 Å². The Morgan fingerprint density at radius 3 is 1.99 bits per heavy atom. The molecule has 4 heterocycles. The van der Waals surface area contributed by atoms with Gasteiger partial charge in [-0.2, -0.15) is 0 Å². The van der Waals surface area contributed by atoms with Gasteiger partial charge in [0.25, 0.3) is 0 Å². The summed E-state index contributed by atoms with van der Waals surface area (Å²) in [5.41, 5.74) is 0.412. The molecule has 0 spiro atoms. The minimum absolute atomic E-state index is 0.0354. The van der Waals surface area contributed by atoms with Crippen LogP contribution in [0.15, 0.2) is 54.3 Å². The van der Waals surface area contributed by atoms with Crippen LogP contribution in [0.5, 0.6) is 46.0 Å². The van der Waals surface area contributed by atoms with Gasteiger partial charge in [-0.15, -0.1) is 0 Å². The van der Waals surface area contributed by atoms with Gasteiger partial charge in [-0.25, -0.2) is 4.79 Å². The van der Waals surface area contributed by atoms with Crippen molar-refractivity contribution in [1.29, 1.82) is 0 Å². The number of ether oxygens (including phenoxy) is 10. The molecule has 0 amide bonds. The van der Waals surface area contributed by atoms with E-state index in [9.17, 15) is 71.2 Å². The van der Waals surface area contributed by atoms with Gasteiger partial charge in [0.05, 0.1) is 39.1 Å². The fourth-order valence-electron chi connectivity index (χ4n) is 7.80. The number of hydrogen-bond acceptors (Lipinski definition) is 24. The molecule has 68 heavy (non-hydrogen) atoms. The molecule has 0 aliphatic carbocycles. The highest BCUT2D eigenvalue weighted by Crippen LogP contribution is 2.48. The summed E-state index contributed by atoms with van der Waals surface area (Å²) in [5, 5.41) is 138. The lowest BCUT2D eigenvalue weighted by Gasteiger charge is -2.43. The van der Waals surface area contributed by atoms with Gasteiger partial charge in [-0.1, -0.05) is 6.07 Å². The molecular weight excluding hydrogens is 912 g/mol. The Hall–Kier alpha value is -5.71. The third-order valence-corrected chi connectivity index (χ3v) is 11.6. The second-order valence-electron chi connectivity index (χ2n) is 16.1. The molecule has 4 aliphatic heterocycles. The van der Waals surface area contributed by atoms with E-state index in [2.05, 4.69) is 0 Å². The van der Waals surface area contributed by atoms with E-state index < -0.39 is 135 Å². The molecule has 16 atom stereocenters. The number of fused-ring (bicyclic) bond motifs is 1. The van der Waals surface area contributed by atoms with Crippen molar-refractivity contribution in [3.05, 3.63) is 71.0 Å².